The number of ether oxygens (including phenoxy) is 1. The van der Waals surface area contributed by atoms with Crippen LogP contribution in [0.4, 0.5) is 0 Å². The molecule has 8 bridgehead atoms. The van der Waals surface area contributed by atoms with Crippen molar-refractivity contribution < 1.29 is 14.4 Å². The molecule has 1 aromatic rings. The van der Waals surface area contributed by atoms with Gasteiger partial charge >= 0.3 is 5.97 Å². The molecule has 0 saturated carbocycles. The maximum absolute atomic E-state index is 12.4. The van der Waals surface area contributed by atoms with Crippen molar-refractivity contribution in [3.05, 3.63) is 133 Å². The Morgan fingerprint density at radius 2 is 1.71 bits per heavy atom. The van der Waals surface area contributed by atoms with E-state index in [9.17, 15) is 4.79 Å². The van der Waals surface area contributed by atoms with Crippen molar-refractivity contribution in [1.29, 1.82) is 0 Å². The average Bonchev–Trinajstić information content (AvgIpc) is 3.86. The van der Waals surface area contributed by atoms with E-state index in [1.54, 1.807) is 7.11 Å². The third-order valence-corrected chi connectivity index (χ3v) is 10.5. The number of carbonyl (C=O) groups is 1. The zero-order valence-electron chi connectivity index (χ0n) is 29.3. The first-order valence-corrected chi connectivity index (χ1v) is 17.1. The van der Waals surface area contributed by atoms with Gasteiger partial charge in [0.1, 0.15) is 0 Å². The molecular weight excluding hydrogens is 610 g/mol. The molecule has 0 amide bonds. The summed E-state index contributed by atoms with van der Waals surface area (Å²) in [6, 6.07) is 10.3. The summed E-state index contributed by atoms with van der Waals surface area (Å²) in [5, 5.41) is 3.84. The van der Waals surface area contributed by atoms with Gasteiger partial charge in [0.15, 0.2) is 0 Å². The largest absolute Gasteiger partial charge is 0.469 e. The lowest BCUT2D eigenvalue weighted by molar-refractivity contribution is -0.140. The first kappa shape index (κ1) is 32.5. The minimum Gasteiger partial charge on any atom is -0.469 e. The van der Waals surface area contributed by atoms with Gasteiger partial charge < -0.3 is 10.1 Å². The molecule has 7 rings (SSSR count). The molecule has 8 heteroatoms. The van der Waals surface area contributed by atoms with E-state index in [0.717, 1.165) is 96.7 Å². The Kier molecular flexibility index (Phi) is 8.67. The SMILES string of the molecule is CCC1=C(C)C2=NC1=CC1=C(C)C3=C(NOC)CC(=C4NC(=CC5=NC(=C2)C(/C=C\c2ccccc2)=C5C)[C@@H](C)[C@@H]4CCC(=O)OC)C3=N1. The maximum atomic E-state index is 12.4. The lowest BCUT2D eigenvalue weighted by atomic mass is 9.86. The Labute approximate surface area is 288 Å². The second-order valence-electron chi connectivity index (χ2n) is 13.2. The van der Waals surface area contributed by atoms with Crippen molar-refractivity contribution in [2.24, 2.45) is 26.8 Å². The van der Waals surface area contributed by atoms with Crippen LogP contribution in [-0.2, 0) is 14.4 Å². The van der Waals surface area contributed by atoms with E-state index in [2.05, 4.69) is 87.9 Å². The molecule has 0 unspecified atom stereocenters. The van der Waals surface area contributed by atoms with Crippen LogP contribution in [-0.4, -0.2) is 37.3 Å². The van der Waals surface area contributed by atoms with Gasteiger partial charge in [0, 0.05) is 52.8 Å². The molecule has 49 heavy (non-hydrogen) atoms. The quantitative estimate of drug-likeness (QED) is 0.220. The van der Waals surface area contributed by atoms with Crippen molar-refractivity contribution in [3.8, 4) is 0 Å². The molecule has 1 fully saturated rings. The van der Waals surface area contributed by atoms with Crippen molar-refractivity contribution in [1.82, 2.24) is 10.8 Å². The molecule has 6 aliphatic rings. The van der Waals surface area contributed by atoms with Crippen LogP contribution < -0.4 is 10.8 Å². The fourth-order valence-corrected chi connectivity index (χ4v) is 7.69. The van der Waals surface area contributed by atoms with E-state index < -0.39 is 0 Å². The third kappa shape index (κ3) is 5.74. The number of aliphatic imine (C=N–C) groups is 3. The predicted molar refractivity (Wildman–Crippen MR) is 196 cm³/mol. The summed E-state index contributed by atoms with van der Waals surface area (Å²) in [5.74, 6) is -0.0472. The van der Waals surface area contributed by atoms with E-state index in [-0.39, 0.29) is 17.8 Å². The number of rotatable bonds is 8. The number of allylic oxidation sites excluding steroid dienone is 12. The van der Waals surface area contributed by atoms with Crippen molar-refractivity contribution >= 4 is 29.2 Å². The molecule has 0 spiro atoms. The normalized spacial score (nSPS) is 22.9. The number of nitrogens with one attached hydrogen (secondary N) is 2. The van der Waals surface area contributed by atoms with Crippen molar-refractivity contribution in [3.63, 3.8) is 0 Å². The predicted octanol–water partition coefficient (Wildman–Crippen LogP) is 7.92. The number of nitrogens with zero attached hydrogens (tertiary/aromatic N) is 3. The van der Waals surface area contributed by atoms with Crippen LogP contribution in [0.3, 0.4) is 0 Å². The molecule has 2 N–H and O–H groups in total. The number of fused-ring (bicyclic) bond motifs is 5. The monoisotopic (exact) mass is 653 g/mol. The number of hydrogen-bond donors (Lipinski definition) is 2. The first-order chi connectivity index (χ1) is 23.7. The fourth-order valence-electron chi connectivity index (χ4n) is 7.69. The maximum Gasteiger partial charge on any atom is 0.305 e. The Bertz CT molecular complexity index is 2040. The Hall–Kier alpha value is -5.08. The summed E-state index contributed by atoms with van der Waals surface area (Å²) in [7, 11) is 3.09. The Balaban J connectivity index is 1.44. The summed E-state index contributed by atoms with van der Waals surface area (Å²) >= 11 is 0. The smallest absolute Gasteiger partial charge is 0.305 e. The number of hydrogen-bond acceptors (Lipinski definition) is 8. The van der Waals surface area contributed by atoms with E-state index in [4.69, 9.17) is 24.6 Å². The Morgan fingerprint density at radius 1 is 0.959 bits per heavy atom. The van der Waals surface area contributed by atoms with Crippen LogP contribution in [0.25, 0.3) is 6.08 Å². The van der Waals surface area contributed by atoms with Gasteiger partial charge in [-0.15, -0.1) is 0 Å². The summed E-state index contributed by atoms with van der Waals surface area (Å²) < 4.78 is 5.06. The van der Waals surface area contributed by atoms with Gasteiger partial charge in [0.25, 0.3) is 0 Å². The van der Waals surface area contributed by atoms with Crippen LogP contribution in [0.15, 0.2) is 143 Å². The molecule has 1 aliphatic carbocycles. The molecule has 1 saturated heterocycles. The number of hydroxylamine groups is 1. The second kappa shape index (κ2) is 13.1. The zero-order valence-corrected chi connectivity index (χ0v) is 29.3. The molecule has 8 nitrogen and oxygen atoms in total. The van der Waals surface area contributed by atoms with E-state index in [1.165, 1.54) is 12.7 Å². The van der Waals surface area contributed by atoms with Crippen molar-refractivity contribution in [2.45, 2.75) is 60.3 Å². The highest BCUT2D eigenvalue weighted by molar-refractivity contribution is 6.21. The average molecular weight is 654 g/mol. The summed E-state index contributed by atoms with van der Waals surface area (Å²) in [6.07, 6.45) is 13.2. The van der Waals surface area contributed by atoms with Gasteiger partial charge in [-0.1, -0.05) is 56.3 Å². The van der Waals surface area contributed by atoms with Gasteiger partial charge in [-0.3, -0.25) is 15.1 Å². The van der Waals surface area contributed by atoms with E-state index in [1.807, 2.05) is 18.2 Å². The third-order valence-electron chi connectivity index (χ3n) is 10.5. The lowest BCUT2D eigenvalue weighted by Crippen LogP contribution is -2.16. The number of esters is 1. The summed E-state index contributed by atoms with van der Waals surface area (Å²) in [6.45, 7) is 10.8. The van der Waals surface area contributed by atoms with Gasteiger partial charge in [-0.05, 0) is 79.7 Å². The molecule has 5 aliphatic heterocycles. The van der Waals surface area contributed by atoms with Gasteiger partial charge in [0.2, 0.25) is 0 Å². The highest BCUT2D eigenvalue weighted by Crippen LogP contribution is 2.46. The van der Waals surface area contributed by atoms with Gasteiger partial charge in [0.05, 0.1) is 54.1 Å². The van der Waals surface area contributed by atoms with Crippen LogP contribution >= 0.6 is 0 Å². The molecule has 2 atom stereocenters. The zero-order chi connectivity index (χ0) is 34.4. The minimum absolute atomic E-state index is 0.0576. The fraction of sp³-hybridized carbons (Fsp3) is 0.317. The highest BCUT2D eigenvalue weighted by Gasteiger charge is 2.41. The summed E-state index contributed by atoms with van der Waals surface area (Å²) in [5.41, 5.74) is 20.7. The molecular formula is C41H43N5O3. The standard InChI is InChI=1S/C41H43N5O3/c1-8-27-22(2)32-20-36-28(15-14-26-12-10-9-11-13-26)23(3)31(43-36)19-33-24(4)29(16-17-38(47)48-6)40(44-33)30-18-37(46-49-7)39-25(5)34(45-41(30)39)21-35(27)42-32/h9-15,19-21,24,29,44,46H,8,16-18H2,1-7H3/b15-14-,33-19?,35-21?,36-20?,40-30?/t24-,29-/m0/s1. The van der Waals surface area contributed by atoms with E-state index >= 15 is 0 Å². The first-order valence-electron chi connectivity index (χ1n) is 17.1. The lowest BCUT2D eigenvalue weighted by Gasteiger charge is -2.17. The number of methoxy groups -OCH3 is 1. The molecule has 5 heterocycles. The van der Waals surface area contributed by atoms with Crippen LogP contribution in [0.1, 0.15) is 65.9 Å². The highest BCUT2D eigenvalue weighted by atomic mass is 16.6. The molecule has 1 aromatic carbocycles. The second-order valence-corrected chi connectivity index (χ2v) is 13.2. The summed E-state index contributed by atoms with van der Waals surface area (Å²) in [4.78, 5) is 33.6. The van der Waals surface area contributed by atoms with Crippen LogP contribution in [0, 0.1) is 11.8 Å². The number of benzene rings is 1. The minimum atomic E-state index is -0.209. The van der Waals surface area contributed by atoms with Crippen molar-refractivity contribution in [2.75, 3.05) is 14.2 Å². The van der Waals surface area contributed by atoms with Gasteiger partial charge in [-0.25, -0.2) is 15.0 Å². The van der Waals surface area contributed by atoms with Gasteiger partial charge in [-0.2, -0.15) is 0 Å². The molecule has 0 radical (unpaired) electrons. The number of carbonyl (C=O) groups excluding carboxylic acids is 1. The molecule has 0 aromatic heterocycles. The van der Waals surface area contributed by atoms with Crippen LogP contribution in [0.5, 0.6) is 0 Å². The molecule has 250 valence electrons. The van der Waals surface area contributed by atoms with E-state index in [0.29, 0.717) is 19.3 Å². The Morgan fingerprint density at radius 3 is 2.45 bits per heavy atom. The van der Waals surface area contributed by atoms with Crippen LogP contribution in [0.2, 0.25) is 0 Å². The topological polar surface area (TPSA) is 96.7 Å².